The van der Waals surface area contributed by atoms with Crippen molar-refractivity contribution < 1.29 is 31.1 Å². The Balaban J connectivity index is 1.99. The van der Waals surface area contributed by atoms with Crippen molar-refractivity contribution in [3.05, 3.63) is 53.6 Å². The molecular weight excluding hydrogens is 397 g/mol. The standard InChI is InChI=1S/C18H19F3N2O4S/c1-12-10-15(28(25,26)23(2)3)8-9-16(12)27-11-17(24)22-14-6-4-13(5-7-14)18(19,20)21/h4-10H,11H2,1-3H3,(H,22,24). The third kappa shape index (κ3) is 5.23. The maximum absolute atomic E-state index is 12.5. The third-order valence-corrected chi connectivity index (χ3v) is 5.59. The number of halogens is 3. The van der Waals surface area contributed by atoms with Crippen LogP contribution in [0.15, 0.2) is 47.4 Å². The Labute approximate surface area is 161 Å². The Morgan fingerprint density at radius 2 is 1.71 bits per heavy atom. The summed E-state index contributed by atoms with van der Waals surface area (Å²) in [6.07, 6.45) is -4.45. The zero-order chi connectivity index (χ0) is 21.1. The Kier molecular flexibility index (Phi) is 6.35. The molecule has 0 radical (unpaired) electrons. The van der Waals surface area contributed by atoms with E-state index in [2.05, 4.69) is 5.32 Å². The highest BCUT2D eigenvalue weighted by Crippen LogP contribution is 2.29. The molecule has 0 aliphatic carbocycles. The van der Waals surface area contributed by atoms with Crippen LogP contribution in [0.25, 0.3) is 0 Å². The maximum Gasteiger partial charge on any atom is 0.416 e. The molecule has 0 spiro atoms. The van der Waals surface area contributed by atoms with E-state index < -0.39 is 27.7 Å². The normalized spacial score (nSPS) is 12.1. The van der Waals surface area contributed by atoms with Gasteiger partial charge in [-0.3, -0.25) is 4.79 Å². The quantitative estimate of drug-likeness (QED) is 0.784. The molecule has 0 unspecified atom stereocenters. The summed E-state index contributed by atoms with van der Waals surface area (Å²) in [5, 5.41) is 2.43. The molecule has 2 aromatic rings. The van der Waals surface area contributed by atoms with Crippen molar-refractivity contribution in [1.82, 2.24) is 4.31 Å². The smallest absolute Gasteiger partial charge is 0.416 e. The van der Waals surface area contributed by atoms with Crippen molar-refractivity contribution in [2.24, 2.45) is 0 Å². The summed E-state index contributed by atoms with van der Waals surface area (Å²) in [5.41, 5.74) is -0.0962. The number of carbonyl (C=O) groups excluding carboxylic acids is 1. The van der Waals surface area contributed by atoms with Crippen LogP contribution in [0.5, 0.6) is 5.75 Å². The minimum absolute atomic E-state index is 0.0940. The van der Waals surface area contributed by atoms with E-state index in [1.807, 2.05) is 0 Å². The van der Waals surface area contributed by atoms with Gasteiger partial charge in [0.1, 0.15) is 5.75 Å². The number of sulfonamides is 1. The van der Waals surface area contributed by atoms with Crippen LogP contribution < -0.4 is 10.1 Å². The fraction of sp³-hybridized carbons (Fsp3) is 0.278. The lowest BCUT2D eigenvalue weighted by atomic mass is 10.2. The molecule has 0 aromatic heterocycles. The molecule has 0 fully saturated rings. The number of carbonyl (C=O) groups is 1. The molecular formula is C18H19F3N2O4S. The van der Waals surface area contributed by atoms with E-state index in [0.717, 1.165) is 28.6 Å². The van der Waals surface area contributed by atoms with E-state index in [-0.39, 0.29) is 17.2 Å². The number of ether oxygens (including phenoxy) is 1. The summed E-state index contributed by atoms with van der Waals surface area (Å²) < 4.78 is 68.2. The summed E-state index contributed by atoms with van der Waals surface area (Å²) in [6.45, 7) is 1.25. The molecule has 0 aliphatic rings. The van der Waals surface area contributed by atoms with Gasteiger partial charge in [0, 0.05) is 19.8 Å². The summed E-state index contributed by atoms with van der Waals surface area (Å²) in [7, 11) is -0.749. The predicted molar refractivity (Wildman–Crippen MR) is 97.6 cm³/mol. The Morgan fingerprint density at radius 3 is 2.21 bits per heavy atom. The lowest BCUT2D eigenvalue weighted by molar-refractivity contribution is -0.137. The molecule has 10 heteroatoms. The van der Waals surface area contributed by atoms with Gasteiger partial charge in [0.25, 0.3) is 5.91 Å². The zero-order valence-electron chi connectivity index (χ0n) is 15.4. The van der Waals surface area contributed by atoms with E-state index in [1.165, 1.54) is 32.3 Å². The Morgan fingerprint density at radius 1 is 1.11 bits per heavy atom. The maximum atomic E-state index is 12.5. The molecule has 6 nitrogen and oxygen atoms in total. The highest BCUT2D eigenvalue weighted by atomic mass is 32.2. The summed E-state index contributed by atoms with van der Waals surface area (Å²) in [6, 6.07) is 8.26. The number of rotatable bonds is 6. The Hall–Kier alpha value is -2.59. The van der Waals surface area contributed by atoms with E-state index in [1.54, 1.807) is 6.92 Å². The SMILES string of the molecule is Cc1cc(S(=O)(=O)N(C)C)ccc1OCC(=O)Nc1ccc(C(F)(F)F)cc1. The molecule has 1 N–H and O–H groups in total. The van der Waals surface area contributed by atoms with Crippen molar-refractivity contribution in [2.75, 3.05) is 26.0 Å². The zero-order valence-corrected chi connectivity index (χ0v) is 16.2. The largest absolute Gasteiger partial charge is 0.483 e. The molecule has 2 aromatic carbocycles. The van der Waals surface area contributed by atoms with Crippen molar-refractivity contribution >= 4 is 21.6 Å². The minimum atomic E-state index is -4.45. The molecule has 2 rings (SSSR count). The van der Waals surface area contributed by atoms with E-state index in [0.29, 0.717) is 11.3 Å². The second kappa shape index (κ2) is 8.19. The van der Waals surface area contributed by atoms with Crippen LogP contribution >= 0.6 is 0 Å². The van der Waals surface area contributed by atoms with E-state index >= 15 is 0 Å². The van der Waals surface area contributed by atoms with Gasteiger partial charge in [0.15, 0.2) is 6.61 Å². The van der Waals surface area contributed by atoms with Gasteiger partial charge in [0.2, 0.25) is 10.0 Å². The molecule has 152 valence electrons. The minimum Gasteiger partial charge on any atom is -0.483 e. The van der Waals surface area contributed by atoms with Gasteiger partial charge in [-0.05, 0) is 55.0 Å². The molecule has 0 heterocycles. The van der Waals surface area contributed by atoms with Crippen LogP contribution in [0.1, 0.15) is 11.1 Å². The summed E-state index contributed by atoms with van der Waals surface area (Å²) in [4.78, 5) is 12.0. The number of nitrogens with one attached hydrogen (secondary N) is 1. The lowest BCUT2D eigenvalue weighted by Crippen LogP contribution is -2.22. The molecule has 0 bridgehead atoms. The first-order chi connectivity index (χ1) is 12.9. The molecule has 0 saturated carbocycles. The van der Waals surface area contributed by atoms with Gasteiger partial charge in [-0.1, -0.05) is 0 Å². The second-order valence-electron chi connectivity index (χ2n) is 6.13. The summed E-state index contributed by atoms with van der Waals surface area (Å²) in [5.74, 6) is -0.246. The number of benzene rings is 2. The first kappa shape index (κ1) is 21.7. The van der Waals surface area contributed by atoms with Crippen LogP contribution in [0.4, 0.5) is 18.9 Å². The van der Waals surface area contributed by atoms with Crippen LogP contribution in [0.3, 0.4) is 0 Å². The number of alkyl halides is 3. The number of hydrogen-bond donors (Lipinski definition) is 1. The fourth-order valence-corrected chi connectivity index (χ4v) is 3.23. The van der Waals surface area contributed by atoms with Crippen LogP contribution in [-0.2, 0) is 21.0 Å². The monoisotopic (exact) mass is 416 g/mol. The van der Waals surface area contributed by atoms with Gasteiger partial charge in [-0.15, -0.1) is 0 Å². The second-order valence-corrected chi connectivity index (χ2v) is 8.28. The number of hydrogen-bond acceptors (Lipinski definition) is 4. The molecule has 28 heavy (non-hydrogen) atoms. The third-order valence-electron chi connectivity index (χ3n) is 3.78. The summed E-state index contributed by atoms with van der Waals surface area (Å²) >= 11 is 0. The first-order valence-corrected chi connectivity index (χ1v) is 9.48. The molecule has 0 aliphatic heterocycles. The van der Waals surface area contributed by atoms with Crippen molar-refractivity contribution in [2.45, 2.75) is 18.0 Å². The Bertz CT molecular complexity index is 956. The van der Waals surface area contributed by atoms with E-state index in [4.69, 9.17) is 4.74 Å². The first-order valence-electron chi connectivity index (χ1n) is 8.04. The molecule has 1 amide bonds. The lowest BCUT2D eigenvalue weighted by Gasteiger charge is -2.14. The molecule has 0 atom stereocenters. The average molecular weight is 416 g/mol. The highest BCUT2D eigenvalue weighted by Gasteiger charge is 2.30. The number of anilines is 1. The van der Waals surface area contributed by atoms with Crippen LogP contribution in [-0.4, -0.2) is 39.3 Å². The fourth-order valence-electron chi connectivity index (χ4n) is 2.24. The van der Waals surface area contributed by atoms with E-state index in [9.17, 15) is 26.4 Å². The van der Waals surface area contributed by atoms with Crippen molar-refractivity contribution in [3.63, 3.8) is 0 Å². The predicted octanol–water partition coefficient (Wildman–Crippen LogP) is 3.28. The number of aryl methyl sites for hydroxylation is 1. The topological polar surface area (TPSA) is 75.7 Å². The number of amides is 1. The van der Waals surface area contributed by atoms with Gasteiger partial charge in [-0.25, -0.2) is 12.7 Å². The average Bonchev–Trinajstić information content (AvgIpc) is 2.60. The van der Waals surface area contributed by atoms with Crippen LogP contribution in [0, 0.1) is 6.92 Å². The highest BCUT2D eigenvalue weighted by molar-refractivity contribution is 7.89. The van der Waals surface area contributed by atoms with Gasteiger partial charge >= 0.3 is 6.18 Å². The molecule has 0 saturated heterocycles. The van der Waals surface area contributed by atoms with Crippen LogP contribution in [0.2, 0.25) is 0 Å². The van der Waals surface area contributed by atoms with Gasteiger partial charge < -0.3 is 10.1 Å². The van der Waals surface area contributed by atoms with Crippen molar-refractivity contribution in [3.8, 4) is 5.75 Å². The van der Waals surface area contributed by atoms with Crippen molar-refractivity contribution in [1.29, 1.82) is 0 Å². The van der Waals surface area contributed by atoms with Gasteiger partial charge in [-0.2, -0.15) is 13.2 Å². The van der Waals surface area contributed by atoms with Gasteiger partial charge in [0.05, 0.1) is 10.5 Å². The number of nitrogens with zero attached hydrogens (tertiary/aromatic N) is 1.